The van der Waals surface area contributed by atoms with Crippen LogP contribution in [0.15, 0.2) is 97.1 Å². The molecule has 0 saturated carbocycles. The Balaban J connectivity index is 1.64. The molecule has 1 heterocycles. The van der Waals surface area contributed by atoms with E-state index in [1.165, 1.54) is 22.3 Å². The summed E-state index contributed by atoms with van der Waals surface area (Å²) in [5.41, 5.74) is 9.87. The number of fused-ring (bicyclic) bond motifs is 4. The standard InChI is InChI=1S/C28H22N2/c1-28(2)23-13-7-6-12-21(23)22-18-20(16-17-24(22)28)30-26-15-9-8-14-25(26)29-27(30)19-10-4-3-5-11-19/h3-18H,1-2H3. The van der Waals surface area contributed by atoms with Crippen LogP contribution in [0.3, 0.4) is 0 Å². The molecule has 0 saturated heterocycles. The highest BCUT2D eigenvalue weighted by molar-refractivity contribution is 5.86. The number of hydrogen-bond acceptors (Lipinski definition) is 1. The number of rotatable bonds is 2. The van der Waals surface area contributed by atoms with Gasteiger partial charge in [0, 0.05) is 16.7 Å². The summed E-state index contributed by atoms with van der Waals surface area (Å²) in [5, 5.41) is 0. The highest BCUT2D eigenvalue weighted by atomic mass is 15.1. The molecule has 2 nitrogen and oxygen atoms in total. The van der Waals surface area contributed by atoms with Crippen LogP contribution in [0.2, 0.25) is 0 Å². The van der Waals surface area contributed by atoms with Crippen molar-refractivity contribution in [2.75, 3.05) is 0 Å². The Kier molecular flexibility index (Phi) is 3.54. The number of aromatic nitrogens is 2. The van der Waals surface area contributed by atoms with Crippen molar-refractivity contribution >= 4 is 11.0 Å². The van der Waals surface area contributed by atoms with Gasteiger partial charge in [-0.2, -0.15) is 0 Å². The Bertz CT molecular complexity index is 1410. The first kappa shape index (κ1) is 17.2. The summed E-state index contributed by atoms with van der Waals surface area (Å²) in [4.78, 5) is 4.99. The van der Waals surface area contributed by atoms with Crippen molar-refractivity contribution in [2.24, 2.45) is 0 Å². The van der Waals surface area contributed by atoms with E-state index in [0.717, 1.165) is 28.1 Å². The van der Waals surface area contributed by atoms with Crippen molar-refractivity contribution in [2.45, 2.75) is 19.3 Å². The van der Waals surface area contributed by atoms with Crippen molar-refractivity contribution in [1.29, 1.82) is 0 Å². The first-order chi connectivity index (χ1) is 14.6. The maximum Gasteiger partial charge on any atom is 0.145 e. The fourth-order valence-corrected chi connectivity index (χ4v) is 4.92. The second kappa shape index (κ2) is 6.17. The molecule has 1 aliphatic carbocycles. The van der Waals surface area contributed by atoms with Gasteiger partial charge < -0.3 is 0 Å². The molecule has 0 spiro atoms. The van der Waals surface area contributed by atoms with E-state index in [2.05, 4.69) is 109 Å². The van der Waals surface area contributed by atoms with Gasteiger partial charge in [0.05, 0.1) is 11.0 Å². The third-order valence-corrected chi connectivity index (χ3v) is 6.42. The monoisotopic (exact) mass is 386 g/mol. The molecule has 0 atom stereocenters. The maximum atomic E-state index is 4.99. The largest absolute Gasteiger partial charge is 0.292 e. The number of nitrogens with zero attached hydrogens (tertiary/aromatic N) is 2. The molecular formula is C28H22N2. The lowest BCUT2D eigenvalue weighted by Crippen LogP contribution is -2.14. The summed E-state index contributed by atoms with van der Waals surface area (Å²) in [7, 11) is 0. The Labute approximate surface area is 176 Å². The lowest BCUT2D eigenvalue weighted by molar-refractivity contribution is 0.660. The van der Waals surface area contributed by atoms with Crippen molar-refractivity contribution in [1.82, 2.24) is 9.55 Å². The second-order valence-electron chi connectivity index (χ2n) is 8.53. The van der Waals surface area contributed by atoms with E-state index in [1.807, 2.05) is 6.07 Å². The van der Waals surface area contributed by atoms with Crippen LogP contribution in [0.4, 0.5) is 0 Å². The molecule has 4 aromatic carbocycles. The third kappa shape index (κ3) is 2.34. The van der Waals surface area contributed by atoms with Gasteiger partial charge in [-0.25, -0.2) is 4.98 Å². The minimum atomic E-state index is 0.0176. The molecule has 5 aromatic rings. The first-order valence-corrected chi connectivity index (χ1v) is 10.4. The molecule has 30 heavy (non-hydrogen) atoms. The average molecular weight is 386 g/mol. The van der Waals surface area contributed by atoms with Crippen molar-refractivity contribution in [3.05, 3.63) is 108 Å². The van der Waals surface area contributed by atoms with Crippen molar-refractivity contribution < 1.29 is 0 Å². The zero-order valence-electron chi connectivity index (χ0n) is 17.1. The quantitative estimate of drug-likeness (QED) is 0.319. The minimum Gasteiger partial charge on any atom is -0.292 e. The third-order valence-electron chi connectivity index (χ3n) is 6.42. The van der Waals surface area contributed by atoms with Gasteiger partial charge in [-0.3, -0.25) is 4.57 Å². The van der Waals surface area contributed by atoms with Crippen molar-refractivity contribution in [3.63, 3.8) is 0 Å². The molecule has 0 fully saturated rings. The van der Waals surface area contributed by atoms with Gasteiger partial charge >= 0.3 is 0 Å². The molecule has 2 heteroatoms. The molecule has 144 valence electrons. The van der Waals surface area contributed by atoms with Crippen LogP contribution in [-0.4, -0.2) is 9.55 Å². The van der Waals surface area contributed by atoms with Crippen LogP contribution >= 0.6 is 0 Å². The topological polar surface area (TPSA) is 17.8 Å². The molecule has 0 N–H and O–H groups in total. The molecule has 1 aliphatic rings. The normalized spacial score (nSPS) is 13.9. The van der Waals surface area contributed by atoms with Gasteiger partial charge in [0.1, 0.15) is 5.82 Å². The first-order valence-electron chi connectivity index (χ1n) is 10.4. The van der Waals surface area contributed by atoms with Gasteiger partial charge in [0.25, 0.3) is 0 Å². The molecular weight excluding hydrogens is 364 g/mol. The fourth-order valence-electron chi connectivity index (χ4n) is 4.92. The predicted molar refractivity (Wildman–Crippen MR) is 124 cm³/mol. The van der Waals surface area contributed by atoms with Crippen LogP contribution in [0.1, 0.15) is 25.0 Å². The second-order valence-corrected chi connectivity index (χ2v) is 8.53. The van der Waals surface area contributed by atoms with E-state index < -0.39 is 0 Å². The number of hydrogen-bond donors (Lipinski definition) is 0. The molecule has 0 unspecified atom stereocenters. The predicted octanol–water partition coefficient (Wildman–Crippen LogP) is 7.00. The highest BCUT2D eigenvalue weighted by Gasteiger charge is 2.35. The summed E-state index contributed by atoms with van der Waals surface area (Å²) in [5.74, 6) is 0.974. The molecule has 0 aliphatic heterocycles. The van der Waals surface area contributed by atoms with Crippen LogP contribution in [0, 0.1) is 0 Å². The van der Waals surface area contributed by atoms with Gasteiger partial charge in [-0.15, -0.1) is 0 Å². The lowest BCUT2D eigenvalue weighted by Gasteiger charge is -2.21. The summed E-state index contributed by atoms with van der Waals surface area (Å²) in [6, 6.07) is 34.5. The van der Waals surface area contributed by atoms with E-state index in [0.29, 0.717) is 0 Å². The Hall–Kier alpha value is -3.65. The van der Waals surface area contributed by atoms with Gasteiger partial charge in [0.2, 0.25) is 0 Å². The number of para-hydroxylation sites is 2. The number of benzene rings is 4. The SMILES string of the molecule is CC1(C)c2ccccc2-c2cc(-n3c(-c4ccccc4)nc4ccccc43)ccc21. The van der Waals surface area contributed by atoms with E-state index in [1.54, 1.807) is 0 Å². The average Bonchev–Trinajstić information content (AvgIpc) is 3.28. The molecule has 1 aromatic heterocycles. The summed E-state index contributed by atoms with van der Waals surface area (Å²) < 4.78 is 2.29. The zero-order valence-corrected chi connectivity index (χ0v) is 17.1. The highest BCUT2D eigenvalue weighted by Crippen LogP contribution is 2.49. The molecule has 0 radical (unpaired) electrons. The Morgan fingerprint density at radius 2 is 1.37 bits per heavy atom. The van der Waals surface area contributed by atoms with Crippen LogP contribution < -0.4 is 0 Å². The van der Waals surface area contributed by atoms with Gasteiger partial charge in [-0.05, 0) is 46.5 Å². The van der Waals surface area contributed by atoms with E-state index in [-0.39, 0.29) is 5.41 Å². The van der Waals surface area contributed by atoms with Crippen LogP contribution in [-0.2, 0) is 5.41 Å². The van der Waals surface area contributed by atoms with E-state index >= 15 is 0 Å². The van der Waals surface area contributed by atoms with E-state index in [9.17, 15) is 0 Å². The van der Waals surface area contributed by atoms with E-state index in [4.69, 9.17) is 4.98 Å². The molecule has 6 rings (SSSR count). The summed E-state index contributed by atoms with van der Waals surface area (Å²) in [6.45, 7) is 4.64. The maximum absolute atomic E-state index is 4.99. The Morgan fingerprint density at radius 3 is 2.23 bits per heavy atom. The Morgan fingerprint density at radius 1 is 0.667 bits per heavy atom. The van der Waals surface area contributed by atoms with Gasteiger partial charge in [-0.1, -0.05) is 86.6 Å². The molecule has 0 amide bonds. The number of imidazole rings is 1. The van der Waals surface area contributed by atoms with Gasteiger partial charge in [0.15, 0.2) is 0 Å². The van der Waals surface area contributed by atoms with Crippen molar-refractivity contribution in [3.8, 4) is 28.2 Å². The summed E-state index contributed by atoms with van der Waals surface area (Å²) in [6.07, 6.45) is 0. The lowest BCUT2D eigenvalue weighted by atomic mass is 9.82. The minimum absolute atomic E-state index is 0.0176. The fraction of sp³-hybridized carbons (Fsp3) is 0.107. The zero-order chi connectivity index (χ0) is 20.3. The smallest absolute Gasteiger partial charge is 0.145 e. The van der Waals surface area contributed by atoms with Crippen LogP contribution in [0.5, 0.6) is 0 Å². The molecule has 0 bridgehead atoms. The summed E-state index contributed by atoms with van der Waals surface area (Å²) >= 11 is 0. The van der Waals surface area contributed by atoms with Crippen LogP contribution in [0.25, 0.3) is 39.2 Å².